The Morgan fingerprint density at radius 1 is 1.28 bits per heavy atom. The van der Waals surface area contributed by atoms with Crippen LogP contribution in [-0.2, 0) is 20.0 Å². The van der Waals surface area contributed by atoms with E-state index in [1.54, 1.807) is 0 Å². The Bertz CT molecular complexity index is 329. The van der Waals surface area contributed by atoms with Crippen LogP contribution < -0.4 is 5.32 Å². The zero-order valence-corrected chi connectivity index (χ0v) is 12.4. The van der Waals surface area contributed by atoms with Gasteiger partial charge in [-0.25, -0.2) is 0 Å². The molecule has 1 rings (SSSR count). The largest absolute Gasteiger partial charge is 0.311 e. The van der Waals surface area contributed by atoms with Crippen LogP contribution in [0.1, 0.15) is 38.6 Å². The maximum Gasteiger partial charge on any atom is 0.0625 e. The van der Waals surface area contributed by atoms with Crippen LogP contribution in [0.25, 0.3) is 0 Å². The fourth-order valence-electron chi connectivity index (χ4n) is 2.09. The number of hydrogen-bond acceptors (Lipinski definition) is 3. The van der Waals surface area contributed by atoms with Crippen molar-refractivity contribution in [1.29, 1.82) is 0 Å². The van der Waals surface area contributed by atoms with Gasteiger partial charge in [-0.1, -0.05) is 20.8 Å². The predicted octanol–water partition coefficient (Wildman–Crippen LogP) is 1.80. The minimum atomic E-state index is 0.918. The summed E-state index contributed by atoms with van der Waals surface area (Å²) in [7, 11) is 2.02. The number of nitrogens with zero attached hydrogens (tertiary/aromatic N) is 3. The predicted molar refractivity (Wildman–Crippen MR) is 76.7 cm³/mol. The van der Waals surface area contributed by atoms with Crippen molar-refractivity contribution in [2.24, 2.45) is 7.05 Å². The smallest absolute Gasteiger partial charge is 0.0625 e. The Hall–Kier alpha value is -0.870. The number of rotatable bonds is 9. The molecule has 1 heterocycles. The van der Waals surface area contributed by atoms with E-state index >= 15 is 0 Å². The van der Waals surface area contributed by atoms with Gasteiger partial charge in [0.15, 0.2) is 0 Å². The molecule has 104 valence electrons. The molecule has 0 aliphatic rings. The lowest BCUT2D eigenvalue weighted by molar-refractivity contribution is 0.297. The lowest BCUT2D eigenvalue weighted by atomic mass is 10.3. The molecule has 0 saturated heterocycles. The fraction of sp³-hybridized carbons (Fsp3) is 0.786. The third-order valence-corrected chi connectivity index (χ3v) is 3.42. The molecule has 0 saturated carbocycles. The van der Waals surface area contributed by atoms with Gasteiger partial charge < -0.3 is 10.2 Å². The van der Waals surface area contributed by atoms with Crippen molar-refractivity contribution in [2.45, 2.75) is 40.2 Å². The van der Waals surface area contributed by atoms with E-state index in [-0.39, 0.29) is 0 Å². The van der Waals surface area contributed by atoms with Gasteiger partial charge in [0.05, 0.1) is 11.4 Å². The van der Waals surface area contributed by atoms with Gasteiger partial charge in [-0.3, -0.25) is 4.68 Å². The van der Waals surface area contributed by atoms with Crippen molar-refractivity contribution < 1.29 is 0 Å². The molecule has 0 radical (unpaired) electrons. The summed E-state index contributed by atoms with van der Waals surface area (Å²) >= 11 is 0. The summed E-state index contributed by atoms with van der Waals surface area (Å²) in [5.74, 6) is 0. The van der Waals surface area contributed by atoms with E-state index in [0.717, 1.165) is 32.6 Å². The maximum absolute atomic E-state index is 4.45. The summed E-state index contributed by atoms with van der Waals surface area (Å²) in [6.45, 7) is 12.1. The Morgan fingerprint density at radius 3 is 2.56 bits per heavy atom. The lowest BCUT2D eigenvalue weighted by Crippen LogP contribution is -2.27. The third kappa shape index (κ3) is 4.78. The van der Waals surface area contributed by atoms with Crippen LogP contribution in [0, 0.1) is 0 Å². The van der Waals surface area contributed by atoms with Crippen LogP contribution >= 0.6 is 0 Å². The second kappa shape index (κ2) is 8.27. The highest BCUT2D eigenvalue weighted by atomic mass is 15.3. The zero-order chi connectivity index (χ0) is 13.4. The van der Waals surface area contributed by atoms with Crippen molar-refractivity contribution in [1.82, 2.24) is 20.0 Å². The SMILES string of the molecule is CCc1cc(CNCCCN(CC)CC)n(C)n1. The van der Waals surface area contributed by atoms with Crippen molar-refractivity contribution in [2.75, 3.05) is 26.2 Å². The Kier molecular flexibility index (Phi) is 6.98. The summed E-state index contributed by atoms with van der Waals surface area (Å²) < 4.78 is 1.98. The van der Waals surface area contributed by atoms with E-state index in [1.807, 2.05) is 11.7 Å². The molecular formula is C14H28N4. The second-order valence-corrected chi connectivity index (χ2v) is 4.66. The monoisotopic (exact) mass is 252 g/mol. The molecule has 18 heavy (non-hydrogen) atoms. The zero-order valence-electron chi connectivity index (χ0n) is 12.4. The van der Waals surface area contributed by atoms with E-state index in [2.05, 4.69) is 42.2 Å². The van der Waals surface area contributed by atoms with Gasteiger partial charge in [-0.15, -0.1) is 0 Å². The van der Waals surface area contributed by atoms with Crippen molar-refractivity contribution in [3.05, 3.63) is 17.5 Å². The molecule has 4 nitrogen and oxygen atoms in total. The first-order valence-electron chi connectivity index (χ1n) is 7.16. The first-order valence-corrected chi connectivity index (χ1v) is 7.16. The lowest BCUT2D eigenvalue weighted by Gasteiger charge is -2.17. The molecule has 4 heteroatoms. The topological polar surface area (TPSA) is 33.1 Å². The van der Waals surface area contributed by atoms with E-state index in [0.29, 0.717) is 0 Å². The van der Waals surface area contributed by atoms with Crippen LogP contribution in [0.5, 0.6) is 0 Å². The number of aromatic nitrogens is 2. The number of nitrogens with one attached hydrogen (secondary N) is 1. The average Bonchev–Trinajstić information content (AvgIpc) is 2.75. The van der Waals surface area contributed by atoms with Crippen molar-refractivity contribution in [3.8, 4) is 0 Å². The molecule has 0 atom stereocenters. The third-order valence-electron chi connectivity index (χ3n) is 3.42. The summed E-state index contributed by atoms with van der Waals surface area (Å²) in [4.78, 5) is 2.46. The molecule has 0 aliphatic heterocycles. The number of hydrogen-bond donors (Lipinski definition) is 1. The van der Waals surface area contributed by atoms with Gasteiger partial charge in [0.1, 0.15) is 0 Å². The molecular weight excluding hydrogens is 224 g/mol. The number of aryl methyl sites for hydroxylation is 2. The highest BCUT2D eigenvalue weighted by Gasteiger charge is 2.03. The van der Waals surface area contributed by atoms with Gasteiger partial charge in [0, 0.05) is 13.6 Å². The quantitative estimate of drug-likeness (QED) is 0.680. The summed E-state index contributed by atoms with van der Waals surface area (Å²) in [6, 6.07) is 2.19. The standard InChI is InChI=1S/C14H28N4/c1-5-13-11-14(17(4)16-13)12-15-9-8-10-18(6-2)7-3/h11,15H,5-10,12H2,1-4H3. The molecule has 0 aliphatic carbocycles. The molecule has 0 aromatic carbocycles. The summed E-state index contributed by atoms with van der Waals surface area (Å²) in [6.07, 6.45) is 2.22. The first kappa shape index (κ1) is 15.2. The average molecular weight is 252 g/mol. The molecule has 0 spiro atoms. The molecule has 0 unspecified atom stereocenters. The van der Waals surface area contributed by atoms with Crippen LogP contribution in [-0.4, -0.2) is 40.9 Å². The van der Waals surface area contributed by atoms with Gasteiger partial charge >= 0.3 is 0 Å². The van der Waals surface area contributed by atoms with Gasteiger partial charge in [0.25, 0.3) is 0 Å². The molecule has 0 bridgehead atoms. The van der Waals surface area contributed by atoms with Crippen molar-refractivity contribution in [3.63, 3.8) is 0 Å². The van der Waals surface area contributed by atoms with E-state index < -0.39 is 0 Å². The summed E-state index contributed by atoms with van der Waals surface area (Å²) in [5.41, 5.74) is 2.45. The summed E-state index contributed by atoms with van der Waals surface area (Å²) in [5, 5.41) is 7.95. The maximum atomic E-state index is 4.45. The minimum Gasteiger partial charge on any atom is -0.311 e. The molecule has 0 fully saturated rings. The van der Waals surface area contributed by atoms with E-state index in [1.165, 1.54) is 24.4 Å². The van der Waals surface area contributed by atoms with Gasteiger partial charge in [-0.2, -0.15) is 5.10 Å². The van der Waals surface area contributed by atoms with E-state index in [4.69, 9.17) is 0 Å². The van der Waals surface area contributed by atoms with E-state index in [9.17, 15) is 0 Å². The molecule has 1 N–H and O–H groups in total. The van der Waals surface area contributed by atoms with Gasteiger partial charge in [0.2, 0.25) is 0 Å². The highest BCUT2D eigenvalue weighted by molar-refractivity contribution is 5.09. The Labute approximate surface area is 111 Å². The van der Waals surface area contributed by atoms with Crippen LogP contribution in [0.2, 0.25) is 0 Å². The Balaban J connectivity index is 2.19. The van der Waals surface area contributed by atoms with Crippen LogP contribution in [0.4, 0.5) is 0 Å². The highest BCUT2D eigenvalue weighted by Crippen LogP contribution is 2.03. The minimum absolute atomic E-state index is 0.918. The van der Waals surface area contributed by atoms with Crippen LogP contribution in [0.15, 0.2) is 6.07 Å². The normalized spacial score (nSPS) is 11.4. The molecule has 1 aromatic rings. The molecule has 1 aromatic heterocycles. The van der Waals surface area contributed by atoms with Gasteiger partial charge in [-0.05, 0) is 45.1 Å². The second-order valence-electron chi connectivity index (χ2n) is 4.66. The first-order chi connectivity index (χ1) is 8.71. The Morgan fingerprint density at radius 2 is 2.00 bits per heavy atom. The van der Waals surface area contributed by atoms with Crippen LogP contribution in [0.3, 0.4) is 0 Å². The fourth-order valence-corrected chi connectivity index (χ4v) is 2.09. The molecule has 0 amide bonds. The van der Waals surface area contributed by atoms with Crippen molar-refractivity contribution >= 4 is 0 Å².